The van der Waals surface area contributed by atoms with Crippen LogP contribution in [0.5, 0.6) is 0 Å². The van der Waals surface area contributed by atoms with Gasteiger partial charge in [-0.2, -0.15) is 0 Å². The van der Waals surface area contributed by atoms with Crippen LogP contribution in [0, 0.1) is 0 Å². The van der Waals surface area contributed by atoms with E-state index in [1.807, 2.05) is 0 Å². The Morgan fingerprint density at radius 3 is 2.67 bits per heavy atom. The van der Waals surface area contributed by atoms with Crippen molar-refractivity contribution in [2.75, 3.05) is 5.73 Å². The molecular weight excluding hydrogens is 190 g/mol. The Morgan fingerprint density at radius 2 is 2.00 bits per heavy atom. The highest BCUT2D eigenvalue weighted by molar-refractivity contribution is 6.01. The van der Waals surface area contributed by atoms with Crippen LogP contribution in [-0.2, 0) is 6.42 Å². The molecule has 0 saturated heterocycles. The number of ketones is 1. The second-order valence-electron chi connectivity index (χ2n) is 3.27. The normalized spacial score (nSPS) is 10.1. The Labute approximate surface area is 87.5 Å². The lowest BCUT2D eigenvalue weighted by Crippen LogP contribution is -2.06. The van der Waals surface area contributed by atoms with E-state index in [-0.39, 0.29) is 12.2 Å². The summed E-state index contributed by atoms with van der Waals surface area (Å²) in [5.74, 6) is 0.631. The van der Waals surface area contributed by atoms with E-state index in [0.717, 1.165) is 0 Å². The van der Waals surface area contributed by atoms with Gasteiger partial charge in [0.2, 0.25) is 0 Å². The first kappa shape index (κ1) is 9.52. The van der Waals surface area contributed by atoms with E-state index >= 15 is 0 Å². The predicted molar refractivity (Wildman–Crippen MR) is 57.6 cm³/mol. The molecule has 0 aliphatic heterocycles. The van der Waals surface area contributed by atoms with Crippen molar-refractivity contribution in [3.8, 4) is 0 Å². The Balaban J connectivity index is 2.19. The summed E-state index contributed by atoms with van der Waals surface area (Å²) in [4.78, 5) is 11.8. The molecule has 3 nitrogen and oxygen atoms in total. The largest absolute Gasteiger partial charge is 0.469 e. The molecule has 1 aromatic carbocycles. The molecule has 76 valence electrons. The molecule has 0 spiro atoms. The van der Waals surface area contributed by atoms with Gasteiger partial charge in [-0.25, -0.2) is 0 Å². The van der Waals surface area contributed by atoms with Gasteiger partial charge < -0.3 is 10.2 Å². The molecule has 0 unspecified atom stereocenters. The van der Waals surface area contributed by atoms with Crippen molar-refractivity contribution in [2.24, 2.45) is 0 Å². The maximum atomic E-state index is 11.8. The highest BCUT2D eigenvalue weighted by Crippen LogP contribution is 2.14. The summed E-state index contributed by atoms with van der Waals surface area (Å²) >= 11 is 0. The Hall–Kier alpha value is -2.03. The smallest absolute Gasteiger partial charge is 0.172 e. The van der Waals surface area contributed by atoms with E-state index < -0.39 is 0 Å². The number of benzene rings is 1. The monoisotopic (exact) mass is 201 g/mol. The average Bonchev–Trinajstić information content (AvgIpc) is 2.71. The van der Waals surface area contributed by atoms with E-state index in [1.165, 1.54) is 0 Å². The maximum Gasteiger partial charge on any atom is 0.172 e. The molecule has 3 heteroatoms. The van der Waals surface area contributed by atoms with Crippen molar-refractivity contribution >= 4 is 11.5 Å². The molecule has 2 N–H and O–H groups in total. The fraction of sp³-hybridized carbons (Fsp3) is 0.0833. The molecule has 2 rings (SSSR count). The molecule has 0 radical (unpaired) electrons. The van der Waals surface area contributed by atoms with Crippen molar-refractivity contribution in [1.82, 2.24) is 0 Å². The number of Topliss-reactive ketones (excluding diaryl/α,β-unsaturated/α-hetero) is 1. The standard InChI is InChI=1S/C12H11NO2/c13-11-6-2-1-5-10(11)12(14)8-9-4-3-7-15-9/h1-7H,8,13H2. The van der Waals surface area contributed by atoms with E-state index in [1.54, 1.807) is 42.7 Å². The first-order valence-corrected chi connectivity index (χ1v) is 4.67. The molecule has 0 aliphatic carbocycles. The average molecular weight is 201 g/mol. The lowest BCUT2D eigenvalue weighted by molar-refractivity contribution is 0.0988. The van der Waals surface area contributed by atoms with Crippen molar-refractivity contribution in [1.29, 1.82) is 0 Å². The van der Waals surface area contributed by atoms with Crippen LogP contribution in [0.1, 0.15) is 16.1 Å². The van der Waals surface area contributed by atoms with Crippen molar-refractivity contribution in [3.63, 3.8) is 0 Å². The summed E-state index contributed by atoms with van der Waals surface area (Å²) in [7, 11) is 0. The molecule has 1 heterocycles. The van der Waals surface area contributed by atoms with Gasteiger partial charge in [-0.3, -0.25) is 4.79 Å². The van der Waals surface area contributed by atoms with Crippen LogP contribution in [0.4, 0.5) is 5.69 Å². The number of hydrogen-bond acceptors (Lipinski definition) is 3. The molecule has 0 aliphatic rings. The molecule has 0 fully saturated rings. The number of nitrogen functional groups attached to an aromatic ring is 1. The fourth-order valence-electron chi connectivity index (χ4n) is 1.42. The van der Waals surface area contributed by atoms with Crippen LogP contribution in [0.3, 0.4) is 0 Å². The molecule has 0 amide bonds. The number of para-hydroxylation sites is 1. The van der Waals surface area contributed by atoms with Gasteiger partial charge in [-0.1, -0.05) is 12.1 Å². The zero-order valence-electron chi connectivity index (χ0n) is 8.14. The third-order valence-corrected chi connectivity index (χ3v) is 2.18. The lowest BCUT2D eigenvalue weighted by atomic mass is 10.1. The van der Waals surface area contributed by atoms with Crippen molar-refractivity contribution in [2.45, 2.75) is 6.42 Å². The summed E-state index contributed by atoms with van der Waals surface area (Å²) in [5.41, 5.74) is 6.76. The van der Waals surface area contributed by atoms with Crippen LogP contribution in [0.15, 0.2) is 47.1 Å². The molecular formula is C12H11NO2. The summed E-state index contributed by atoms with van der Waals surface area (Å²) in [6, 6.07) is 10.6. The molecule has 0 saturated carbocycles. The van der Waals surface area contributed by atoms with Crippen molar-refractivity contribution < 1.29 is 9.21 Å². The molecule has 15 heavy (non-hydrogen) atoms. The topological polar surface area (TPSA) is 56.2 Å². The van der Waals surface area contributed by atoms with Crippen LogP contribution in [0.2, 0.25) is 0 Å². The Morgan fingerprint density at radius 1 is 1.20 bits per heavy atom. The zero-order chi connectivity index (χ0) is 10.7. The second kappa shape index (κ2) is 4.00. The molecule has 1 aromatic heterocycles. The summed E-state index contributed by atoms with van der Waals surface area (Å²) in [5, 5.41) is 0. The number of carbonyl (C=O) groups excluding carboxylic acids is 1. The summed E-state index contributed by atoms with van der Waals surface area (Å²) < 4.78 is 5.10. The number of anilines is 1. The Kier molecular flexibility index (Phi) is 2.54. The van der Waals surface area contributed by atoms with Gasteiger partial charge in [0, 0.05) is 11.3 Å². The Bertz CT molecular complexity index is 460. The number of nitrogens with two attached hydrogens (primary N) is 1. The molecule has 2 aromatic rings. The number of rotatable bonds is 3. The quantitative estimate of drug-likeness (QED) is 0.612. The third-order valence-electron chi connectivity index (χ3n) is 2.18. The van der Waals surface area contributed by atoms with E-state index in [0.29, 0.717) is 17.0 Å². The van der Waals surface area contributed by atoms with Gasteiger partial charge in [0.15, 0.2) is 5.78 Å². The maximum absolute atomic E-state index is 11.8. The molecule has 0 atom stereocenters. The summed E-state index contributed by atoms with van der Waals surface area (Å²) in [6.45, 7) is 0. The highest BCUT2D eigenvalue weighted by atomic mass is 16.3. The van der Waals surface area contributed by atoms with Gasteiger partial charge in [-0.15, -0.1) is 0 Å². The minimum absolute atomic E-state index is 0.0250. The van der Waals surface area contributed by atoms with E-state index in [9.17, 15) is 4.79 Å². The molecule has 0 bridgehead atoms. The zero-order valence-corrected chi connectivity index (χ0v) is 8.14. The fourth-order valence-corrected chi connectivity index (χ4v) is 1.42. The number of carbonyl (C=O) groups is 1. The summed E-state index contributed by atoms with van der Waals surface area (Å²) in [6.07, 6.45) is 1.80. The minimum atomic E-state index is -0.0250. The van der Waals surface area contributed by atoms with Gasteiger partial charge in [-0.05, 0) is 24.3 Å². The van der Waals surface area contributed by atoms with Gasteiger partial charge in [0.1, 0.15) is 5.76 Å². The number of hydrogen-bond donors (Lipinski definition) is 1. The van der Waals surface area contributed by atoms with Crippen LogP contribution in [0.25, 0.3) is 0 Å². The van der Waals surface area contributed by atoms with Crippen LogP contribution in [-0.4, -0.2) is 5.78 Å². The van der Waals surface area contributed by atoms with Gasteiger partial charge in [0.05, 0.1) is 12.7 Å². The SMILES string of the molecule is Nc1ccccc1C(=O)Cc1ccco1. The van der Waals surface area contributed by atoms with E-state index in [2.05, 4.69) is 0 Å². The van der Waals surface area contributed by atoms with Crippen LogP contribution < -0.4 is 5.73 Å². The highest BCUT2D eigenvalue weighted by Gasteiger charge is 2.10. The third kappa shape index (κ3) is 2.07. The predicted octanol–water partition coefficient (Wildman–Crippen LogP) is 2.29. The van der Waals surface area contributed by atoms with Gasteiger partial charge >= 0.3 is 0 Å². The number of furan rings is 1. The van der Waals surface area contributed by atoms with Crippen LogP contribution >= 0.6 is 0 Å². The van der Waals surface area contributed by atoms with Gasteiger partial charge in [0.25, 0.3) is 0 Å². The van der Waals surface area contributed by atoms with Crippen molar-refractivity contribution in [3.05, 3.63) is 54.0 Å². The minimum Gasteiger partial charge on any atom is -0.469 e. The van der Waals surface area contributed by atoms with E-state index in [4.69, 9.17) is 10.2 Å². The first-order chi connectivity index (χ1) is 7.27. The second-order valence-corrected chi connectivity index (χ2v) is 3.27. The lowest BCUT2D eigenvalue weighted by Gasteiger charge is -2.02. The first-order valence-electron chi connectivity index (χ1n) is 4.67.